The highest BCUT2D eigenvalue weighted by Gasteiger charge is 2.19. The van der Waals surface area contributed by atoms with Crippen LogP contribution in [0.3, 0.4) is 0 Å². The van der Waals surface area contributed by atoms with Crippen LogP contribution in [0.4, 0.5) is 0 Å². The van der Waals surface area contributed by atoms with Crippen molar-refractivity contribution >= 4 is 11.9 Å². The smallest absolute Gasteiger partial charge is 0.326 e. The monoisotopic (exact) mass is 250 g/mol. The Morgan fingerprint density at radius 3 is 2.39 bits per heavy atom. The summed E-state index contributed by atoms with van der Waals surface area (Å²) in [6, 6.07) is 5.96. The number of nitrogens with one attached hydrogen (secondary N) is 1. The second kappa shape index (κ2) is 6.76. The van der Waals surface area contributed by atoms with E-state index in [0.717, 1.165) is 5.56 Å². The summed E-state index contributed by atoms with van der Waals surface area (Å²) in [7, 11) is 0. The van der Waals surface area contributed by atoms with Crippen LogP contribution in [0.15, 0.2) is 24.3 Å². The molecule has 0 unspecified atom stereocenters. The number of benzene rings is 1. The number of amides is 1. The van der Waals surface area contributed by atoms with Crippen molar-refractivity contribution in [2.24, 2.45) is 5.73 Å². The minimum atomic E-state index is -1.01. The Balaban J connectivity index is 2.70. The largest absolute Gasteiger partial charge is 0.480 e. The molecule has 0 saturated carbocycles. The topological polar surface area (TPSA) is 92.4 Å². The van der Waals surface area contributed by atoms with Gasteiger partial charge in [0.25, 0.3) is 5.91 Å². The zero-order valence-electron chi connectivity index (χ0n) is 10.3. The molecule has 4 N–H and O–H groups in total. The molecule has 0 radical (unpaired) electrons. The van der Waals surface area contributed by atoms with E-state index in [1.54, 1.807) is 24.3 Å². The number of nitrogens with two attached hydrogens (primary N) is 1. The fraction of sp³-hybridized carbons (Fsp3) is 0.385. The van der Waals surface area contributed by atoms with E-state index >= 15 is 0 Å². The molecule has 1 aromatic carbocycles. The van der Waals surface area contributed by atoms with Crippen LogP contribution in [0.5, 0.6) is 0 Å². The minimum absolute atomic E-state index is 0.376. The van der Waals surface area contributed by atoms with Crippen LogP contribution >= 0.6 is 0 Å². The predicted molar refractivity (Wildman–Crippen MR) is 68.1 cm³/mol. The maximum Gasteiger partial charge on any atom is 0.326 e. The molecule has 0 aromatic heterocycles. The lowest BCUT2D eigenvalue weighted by atomic mass is 10.1. The quantitative estimate of drug-likeness (QED) is 0.705. The first-order valence-electron chi connectivity index (χ1n) is 5.91. The standard InChI is InChI=1S/C13H18N2O3/c1-2-3-11(13(17)18)15-12(16)10-6-4-9(8-14)5-7-10/h4-7,11H,2-3,8,14H2,1H3,(H,15,16)(H,17,18)/t11-/m0/s1. The van der Waals surface area contributed by atoms with Crippen LogP contribution in [-0.2, 0) is 11.3 Å². The third-order valence-electron chi connectivity index (χ3n) is 2.63. The van der Waals surface area contributed by atoms with Crippen LogP contribution in [-0.4, -0.2) is 23.0 Å². The predicted octanol–water partition coefficient (Wildman–Crippen LogP) is 1.13. The summed E-state index contributed by atoms with van der Waals surface area (Å²) in [5.74, 6) is -1.39. The Kier molecular flexibility index (Phi) is 5.32. The zero-order chi connectivity index (χ0) is 13.5. The van der Waals surface area contributed by atoms with E-state index in [4.69, 9.17) is 10.8 Å². The molecule has 0 heterocycles. The van der Waals surface area contributed by atoms with Crippen molar-refractivity contribution in [1.29, 1.82) is 0 Å². The third-order valence-corrected chi connectivity index (χ3v) is 2.63. The zero-order valence-corrected chi connectivity index (χ0v) is 10.3. The molecule has 1 aromatic rings. The maximum atomic E-state index is 11.8. The summed E-state index contributed by atoms with van der Waals surface area (Å²) >= 11 is 0. The van der Waals surface area contributed by atoms with Crippen molar-refractivity contribution in [1.82, 2.24) is 5.32 Å². The molecule has 18 heavy (non-hydrogen) atoms. The van der Waals surface area contributed by atoms with Crippen molar-refractivity contribution in [2.75, 3.05) is 0 Å². The average Bonchev–Trinajstić information content (AvgIpc) is 2.38. The van der Waals surface area contributed by atoms with Gasteiger partial charge in [-0.05, 0) is 24.1 Å². The maximum absolute atomic E-state index is 11.8. The van der Waals surface area contributed by atoms with Crippen LogP contribution in [0.2, 0.25) is 0 Å². The van der Waals surface area contributed by atoms with E-state index in [2.05, 4.69) is 5.32 Å². The van der Waals surface area contributed by atoms with E-state index in [0.29, 0.717) is 24.9 Å². The van der Waals surface area contributed by atoms with Crippen molar-refractivity contribution in [2.45, 2.75) is 32.4 Å². The Morgan fingerprint density at radius 1 is 1.33 bits per heavy atom. The molecule has 0 aliphatic carbocycles. The Morgan fingerprint density at radius 2 is 1.94 bits per heavy atom. The lowest BCUT2D eigenvalue weighted by Crippen LogP contribution is -2.40. The van der Waals surface area contributed by atoms with E-state index < -0.39 is 12.0 Å². The number of aliphatic carboxylic acids is 1. The van der Waals surface area contributed by atoms with Crippen molar-refractivity contribution in [3.8, 4) is 0 Å². The Labute approximate surface area is 106 Å². The van der Waals surface area contributed by atoms with E-state index in [1.165, 1.54) is 0 Å². The second-order valence-corrected chi connectivity index (χ2v) is 4.05. The lowest BCUT2D eigenvalue weighted by Gasteiger charge is -2.13. The van der Waals surface area contributed by atoms with Crippen molar-refractivity contribution in [3.63, 3.8) is 0 Å². The molecule has 1 amide bonds. The highest BCUT2D eigenvalue weighted by Crippen LogP contribution is 2.05. The highest BCUT2D eigenvalue weighted by molar-refractivity contribution is 5.96. The molecular weight excluding hydrogens is 232 g/mol. The van der Waals surface area contributed by atoms with Crippen LogP contribution < -0.4 is 11.1 Å². The normalized spacial score (nSPS) is 11.9. The van der Waals surface area contributed by atoms with Gasteiger partial charge in [-0.25, -0.2) is 4.79 Å². The van der Waals surface area contributed by atoms with Gasteiger partial charge in [0, 0.05) is 12.1 Å². The number of hydrogen-bond donors (Lipinski definition) is 3. The van der Waals surface area contributed by atoms with Gasteiger partial charge in [-0.1, -0.05) is 25.5 Å². The van der Waals surface area contributed by atoms with E-state index in [9.17, 15) is 9.59 Å². The van der Waals surface area contributed by atoms with Crippen LogP contribution in [0.25, 0.3) is 0 Å². The molecule has 0 fully saturated rings. The number of rotatable bonds is 6. The van der Waals surface area contributed by atoms with Gasteiger partial charge in [0.1, 0.15) is 6.04 Å². The number of carbonyl (C=O) groups excluding carboxylic acids is 1. The van der Waals surface area contributed by atoms with Gasteiger partial charge in [-0.3, -0.25) is 4.79 Å². The molecule has 0 aliphatic rings. The lowest BCUT2D eigenvalue weighted by molar-refractivity contribution is -0.139. The third kappa shape index (κ3) is 3.85. The summed E-state index contributed by atoms with van der Waals surface area (Å²) < 4.78 is 0. The average molecular weight is 250 g/mol. The fourth-order valence-corrected chi connectivity index (χ4v) is 1.58. The van der Waals surface area contributed by atoms with Crippen molar-refractivity contribution in [3.05, 3.63) is 35.4 Å². The highest BCUT2D eigenvalue weighted by atomic mass is 16.4. The number of carboxylic acids is 1. The number of carboxylic acid groups (broad SMARTS) is 1. The van der Waals surface area contributed by atoms with Crippen molar-refractivity contribution < 1.29 is 14.7 Å². The molecular formula is C13H18N2O3. The molecule has 5 heteroatoms. The van der Waals surface area contributed by atoms with Crippen LogP contribution in [0.1, 0.15) is 35.7 Å². The van der Waals surface area contributed by atoms with Gasteiger partial charge in [0.05, 0.1) is 0 Å². The molecule has 1 atom stereocenters. The summed E-state index contributed by atoms with van der Waals surface area (Å²) in [5, 5.41) is 11.5. The molecule has 0 bridgehead atoms. The SMILES string of the molecule is CCC[C@H](NC(=O)c1ccc(CN)cc1)C(=O)O. The molecule has 0 saturated heterocycles. The molecule has 5 nitrogen and oxygen atoms in total. The molecule has 98 valence electrons. The molecule has 0 spiro atoms. The summed E-state index contributed by atoms with van der Waals surface area (Å²) in [4.78, 5) is 22.8. The Bertz CT molecular complexity index is 415. The summed E-state index contributed by atoms with van der Waals surface area (Å²) in [5.41, 5.74) is 6.82. The summed E-state index contributed by atoms with van der Waals surface area (Å²) in [6.45, 7) is 2.29. The van der Waals surface area contributed by atoms with E-state index in [-0.39, 0.29) is 5.91 Å². The first kappa shape index (κ1) is 14.2. The van der Waals surface area contributed by atoms with Gasteiger partial charge in [0.15, 0.2) is 0 Å². The van der Waals surface area contributed by atoms with Gasteiger partial charge in [-0.2, -0.15) is 0 Å². The van der Waals surface area contributed by atoms with E-state index in [1.807, 2.05) is 6.92 Å². The van der Waals surface area contributed by atoms with Gasteiger partial charge < -0.3 is 16.2 Å². The van der Waals surface area contributed by atoms with Gasteiger partial charge >= 0.3 is 5.97 Å². The first-order valence-corrected chi connectivity index (χ1v) is 5.91. The summed E-state index contributed by atoms with van der Waals surface area (Å²) in [6.07, 6.45) is 1.12. The molecule has 0 aliphatic heterocycles. The number of hydrogen-bond acceptors (Lipinski definition) is 3. The first-order chi connectivity index (χ1) is 8.58. The van der Waals surface area contributed by atoms with Gasteiger partial charge in [-0.15, -0.1) is 0 Å². The number of carbonyl (C=O) groups is 2. The molecule has 1 rings (SSSR count). The minimum Gasteiger partial charge on any atom is -0.480 e. The van der Waals surface area contributed by atoms with Crippen LogP contribution in [0, 0.1) is 0 Å². The van der Waals surface area contributed by atoms with Gasteiger partial charge in [0.2, 0.25) is 0 Å². The Hall–Kier alpha value is -1.88. The fourth-order valence-electron chi connectivity index (χ4n) is 1.58. The second-order valence-electron chi connectivity index (χ2n) is 4.05.